The number of aromatic nitrogens is 2. The second-order valence-corrected chi connectivity index (χ2v) is 5.34. The highest BCUT2D eigenvalue weighted by Gasteiger charge is 1.97. The number of hydrogen-bond acceptors (Lipinski definition) is 3. The highest BCUT2D eigenvalue weighted by atomic mass is 32.2. The molecule has 0 fully saturated rings. The maximum absolute atomic E-state index is 8.95. The highest BCUT2D eigenvalue weighted by Crippen LogP contribution is 2.15. The Kier molecular flexibility index (Phi) is 5.30. The molecule has 18 heavy (non-hydrogen) atoms. The Labute approximate surface area is 112 Å². The van der Waals surface area contributed by atoms with E-state index in [9.17, 15) is 0 Å². The molecule has 1 aromatic heterocycles. The van der Waals surface area contributed by atoms with E-state index in [4.69, 9.17) is 5.11 Å². The maximum atomic E-state index is 8.95. The quantitative estimate of drug-likeness (QED) is 0.754. The van der Waals surface area contributed by atoms with Crippen LogP contribution in [0.1, 0.15) is 23.1 Å². The summed E-state index contributed by atoms with van der Waals surface area (Å²) in [7, 11) is 0. The number of benzene rings is 1. The molecule has 2 N–H and O–H groups in total. The first-order valence-corrected chi connectivity index (χ1v) is 7.28. The fraction of sp³-hybridized carbons (Fsp3) is 0.357. The molecule has 96 valence electrons. The van der Waals surface area contributed by atoms with E-state index in [0.29, 0.717) is 0 Å². The summed E-state index contributed by atoms with van der Waals surface area (Å²) in [6.07, 6.45) is 6.11. The van der Waals surface area contributed by atoms with Crippen molar-refractivity contribution in [1.82, 2.24) is 10.2 Å². The van der Waals surface area contributed by atoms with E-state index in [-0.39, 0.29) is 6.61 Å². The first-order valence-electron chi connectivity index (χ1n) is 6.12. The molecule has 0 atom stereocenters. The van der Waals surface area contributed by atoms with E-state index in [0.717, 1.165) is 23.5 Å². The lowest BCUT2D eigenvalue weighted by atomic mass is 10.2. The van der Waals surface area contributed by atoms with Gasteiger partial charge in [0.25, 0.3) is 0 Å². The van der Waals surface area contributed by atoms with Crippen LogP contribution in [0.4, 0.5) is 0 Å². The average Bonchev–Trinajstić information content (AvgIpc) is 2.92. The third-order valence-electron chi connectivity index (χ3n) is 2.78. The van der Waals surface area contributed by atoms with Crippen molar-refractivity contribution < 1.29 is 5.11 Å². The Morgan fingerprint density at radius 1 is 1.11 bits per heavy atom. The van der Waals surface area contributed by atoms with Crippen LogP contribution < -0.4 is 0 Å². The minimum Gasteiger partial charge on any atom is -0.392 e. The van der Waals surface area contributed by atoms with Gasteiger partial charge in [-0.3, -0.25) is 5.10 Å². The molecule has 0 aliphatic rings. The molecule has 0 saturated heterocycles. The summed E-state index contributed by atoms with van der Waals surface area (Å²) >= 11 is 1.95. The minimum atomic E-state index is 0.123. The molecule has 0 radical (unpaired) electrons. The van der Waals surface area contributed by atoms with Gasteiger partial charge in [0, 0.05) is 11.9 Å². The van der Waals surface area contributed by atoms with Crippen molar-refractivity contribution in [1.29, 1.82) is 0 Å². The highest BCUT2D eigenvalue weighted by molar-refractivity contribution is 7.98. The standard InChI is InChI=1S/C14H18N2OS/c17-10-12-3-5-13(6-4-12)11-18-7-1-2-14-8-15-16-9-14/h3-6,8-9,17H,1-2,7,10-11H2,(H,15,16). The fourth-order valence-corrected chi connectivity index (χ4v) is 2.64. The molecule has 0 bridgehead atoms. The lowest BCUT2D eigenvalue weighted by Crippen LogP contribution is -1.88. The number of aromatic amines is 1. The number of aryl methyl sites for hydroxylation is 1. The number of H-pyrrole nitrogens is 1. The number of hydrogen-bond donors (Lipinski definition) is 2. The molecule has 0 spiro atoms. The molecule has 1 aromatic carbocycles. The molecule has 2 rings (SSSR count). The monoisotopic (exact) mass is 262 g/mol. The SMILES string of the molecule is OCc1ccc(CSCCCc2cn[nH]c2)cc1. The van der Waals surface area contributed by atoms with Crippen LogP contribution in [-0.2, 0) is 18.8 Å². The Hall–Kier alpha value is -1.26. The van der Waals surface area contributed by atoms with E-state index in [1.165, 1.54) is 17.5 Å². The van der Waals surface area contributed by atoms with Gasteiger partial charge in [0.2, 0.25) is 0 Å². The summed E-state index contributed by atoms with van der Waals surface area (Å²) < 4.78 is 0. The normalized spacial score (nSPS) is 10.7. The van der Waals surface area contributed by atoms with Crippen LogP contribution in [-0.4, -0.2) is 21.1 Å². The minimum absolute atomic E-state index is 0.123. The first-order chi connectivity index (χ1) is 8.88. The number of thioether (sulfide) groups is 1. The van der Waals surface area contributed by atoms with Gasteiger partial charge in [-0.2, -0.15) is 16.9 Å². The maximum Gasteiger partial charge on any atom is 0.0681 e. The van der Waals surface area contributed by atoms with Crippen LogP contribution >= 0.6 is 11.8 Å². The van der Waals surface area contributed by atoms with Gasteiger partial charge in [-0.25, -0.2) is 0 Å². The number of nitrogens with zero attached hydrogens (tertiary/aromatic N) is 1. The molecular weight excluding hydrogens is 244 g/mol. The predicted molar refractivity (Wildman–Crippen MR) is 75.4 cm³/mol. The van der Waals surface area contributed by atoms with E-state index in [1.54, 1.807) is 0 Å². The second-order valence-electron chi connectivity index (χ2n) is 4.24. The Morgan fingerprint density at radius 3 is 2.56 bits per heavy atom. The zero-order chi connectivity index (χ0) is 12.6. The van der Waals surface area contributed by atoms with Gasteiger partial charge >= 0.3 is 0 Å². The van der Waals surface area contributed by atoms with Crippen molar-refractivity contribution in [2.24, 2.45) is 0 Å². The average molecular weight is 262 g/mol. The van der Waals surface area contributed by atoms with E-state index in [2.05, 4.69) is 22.3 Å². The summed E-state index contributed by atoms with van der Waals surface area (Å²) in [6.45, 7) is 0.123. The van der Waals surface area contributed by atoms with Crippen LogP contribution in [0, 0.1) is 0 Å². The molecule has 0 unspecified atom stereocenters. The Balaban J connectivity index is 1.62. The van der Waals surface area contributed by atoms with Crippen LogP contribution in [0.5, 0.6) is 0 Å². The zero-order valence-corrected chi connectivity index (χ0v) is 11.1. The molecule has 2 aromatic rings. The summed E-state index contributed by atoms with van der Waals surface area (Å²) in [5.74, 6) is 2.20. The third kappa shape index (κ3) is 4.20. The van der Waals surface area contributed by atoms with Gasteiger partial charge in [-0.1, -0.05) is 24.3 Å². The smallest absolute Gasteiger partial charge is 0.0681 e. The molecular formula is C14H18N2OS. The fourth-order valence-electron chi connectivity index (χ4n) is 1.72. The van der Waals surface area contributed by atoms with Crippen LogP contribution in [0.3, 0.4) is 0 Å². The van der Waals surface area contributed by atoms with Gasteiger partial charge in [0.1, 0.15) is 0 Å². The van der Waals surface area contributed by atoms with Crippen molar-refractivity contribution in [2.45, 2.75) is 25.2 Å². The van der Waals surface area contributed by atoms with Gasteiger partial charge in [-0.05, 0) is 35.3 Å². The van der Waals surface area contributed by atoms with E-state index < -0.39 is 0 Å². The van der Waals surface area contributed by atoms with Gasteiger partial charge in [0.15, 0.2) is 0 Å². The van der Waals surface area contributed by atoms with Crippen molar-refractivity contribution >= 4 is 11.8 Å². The molecule has 0 aliphatic heterocycles. The molecule has 0 saturated carbocycles. The van der Waals surface area contributed by atoms with Crippen molar-refractivity contribution in [2.75, 3.05) is 5.75 Å². The summed E-state index contributed by atoms with van der Waals surface area (Å²) in [6, 6.07) is 8.16. The first kappa shape index (κ1) is 13.2. The topological polar surface area (TPSA) is 48.9 Å². The number of aliphatic hydroxyl groups excluding tert-OH is 1. The third-order valence-corrected chi connectivity index (χ3v) is 3.90. The lowest BCUT2D eigenvalue weighted by molar-refractivity contribution is 0.282. The van der Waals surface area contributed by atoms with Crippen molar-refractivity contribution in [3.63, 3.8) is 0 Å². The van der Waals surface area contributed by atoms with Gasteiger partial charge < -0.3 is 5.11 Å². The van der Waals surface area contributed by atoms with Crippen LogP contribution in [0.15, 0.2) is 36.7 Å². The van der Waals surface area contributed by atoms with Gasteiger partial charge in [0.05, 0.1) is 12.8 Å². The zero-order valence-electron chi connectivity index (χ0n) is 10.3. The Bertz CT molecular complexity index is 439. The summed E-state index contributed by atoms with van der Waals surface area (Å²) in [5, 5.41) is 15.7. The molecule has 4 heteroatoms. The largest absolute Gasteiger partial charge is 0.392 e. The molecule has 3 nitrogen and oxygen atoms in total. The Morgan fingerprint density at radius 2 is 1.89 bits per heavy atom. The van der Waals surface area contributed by atoms with Crippen LogP contribution in [0.2, 0.25) is 0 Å². The van der Waals surface area contributed by atoms with Crippen molar-refractivity contribution in [3.8, 4) is 0 Å². The predicted octanol–water partition coefficient (Wildman–Crippen LogP) is 2.77. The summed E-state index contributed by atoms with van der Waals surface area (Å²) in [4.78, 5) is 0. The molecule has 0 aliphatic carbocycles. The second kappa shape index (κ2) is 7.24. The molecule has 1 heterocycles. The number of rotatable bonds is 7. The number of aliphatic hydroxyl groups is 1. The number of nitrogens with one attached hydrogen (secondary N) is 1. The molecule has 0 amide bonds. The van der Waals surface area contributed by atoms with Crippen molar-refractivity contribution in [3.05, 3.63) is 53.3 Å². The van der Waals surface area contributed by atoms with Gasteiger partial charge in [-0.15, -0.1) is 0 Å². The lowest BCUT2D eigenvalue weighted by Gasteiger charge is -2.03. The van der Waals surface area contributed by atoms with E-state index in [1.807, 2.05) is 36.3 Å². The van der Waals surface area contributed by atoms with E-state index >= 15 is 0 Å². The summed E-state index contributed by atoms with van der Waals surface area (Å²) in [5.41, 5.74) is 3.58. The van der Waals surface area contributed by atoms with Crippen LogP contribution in [0.25, 0.3) is 0 Å².